The molecule has 1 aromatic rings. The Morgan fingerprint density at radius 3 is 2.95 bits per heavy atom. The SMILES string of the molecule is CCCNC1CCc2cc(OCC(O)COCC)ccc21. The van der Waals surface area contributed by atoms with Gasteiger partial charge in [0.05, 0.1) is 6.61 Å². The van der Waals surface area contributed by atoms with E-state index in [4.69, 9.17) is 9.47 Å². The second-order valence-corrected chi connectivity index (χ2v) is 5.53. The highest BCUT2D eigenvalue weighted by molar-refractivity contribution is 5.40. The third-order valence-electron chi connectivity index (χ3n) is 3.79. The normalized spacial score (nSPS) is 18.5. The van der Waals surface area contributed by atoms with Gasteiger partial charge < -0.3 is 19.9 Å². The molecule has 1 aliphatic rings. The van der Waals surface area contributed by atoms with Crippen molar-refractivity contribution in [2.24, 2.45) is 0 Å². The number of rotatable bonds is 9. The first-order valence-corrected chi connectivity index (χ1v) is 7.99. The molecule has 0 saturated carbocycles. The summed E-state index contributed by atoms with van der Waals surface area (Å²) in [6, 6.07) is 6.74. The summed E-state index contributed by atoms with van der Waals surface area (Å²) in [6.07, 6.45) is 2.84. The lowest BCUT2D eigenvalue weighted by Gasteiger charge is -2.15. The third kappa shape index (κ3) is 4.70. The molecule has 1 aromatic carbocycles. The molecule has 2 atom stereocenters. The summed E-state index contributed by atoms with van der Waals surface area (Å²) in [6.45, 7) is 6.37. The van der Waals surface area contributed by atoms with E-state index in [-0.39, 0.29) is 6.61 Å². The Balaban J connectivity index is 1.87. The van der Waals surface area contributed by atoms with E-state index >= 15 is 0 Å². The molecule has 2 unspecified atom stereocenters. The molecule has 0 aliphatic heterocycles. The molecule has 4 heteroatoms. The maximum Gasteiger partial charge on any atom is 0.119 e. The number of hydrogen-bond acceptors (Lipinski definition) is 4. The van der Waals surface area contributed by atoms with Crippen LogP contribution in [0.1, 0.15) is 43.9 Å². The predicted molar refractivity (Wildman–Crippen MR) is 83.8 cm³/mol. The van der Waals surface area contributed by atoms with Gasteiger partial charge in [0.2, 0.25) is 0 Å². The molecule has 2 rings (SSSR count). The smallest absolute Gasteiger partial charge is 0.119 e. The summed E-state index contributed by atoms with van der Waals surface area (Å²) in [7, 11) is 0. The molecular weight excluding hydrogens is 266 g/mol. The highest BCUT2D eigenvalue weighted by atomic mass is 16.5. The topological polar surface area (TPSA) is 50.7 Å². The standard InChI is InChI=1S/C17H27NO3/c1-3-9-18-17-8-5-13-10-15(6-7-16(13)17)21-12-14(19)11-20-4-2/h6-7,10,14,17-19H,3-5,8-9,11-12H2,1-2H3. The fraction of sp³-hybridized carbons (Fsp3) is 0.647. The van der Waals surface area contributed by atoms with E-state index in [1.165, 1.54) is 11.1 Å². The van der Waals surface area contributed by atoms with Gasteiger partial charge in [0.15, 0.2) is 0 Å². The van der Waals surface area contributed by atoms with Crippen LogP contribution >= 0.6 is 0 Å². The van der Waals surface area contributed by atoms with Crippen molar-refractivity contribution in [1.82, 2.24) is 5.32 Å². The van der Waals surface area contributed by atoms with Crippen molar-refractivity contribution < 1.29 is 14.6 Å². The molecule has 0 amide bonds. The van der Waals surface area contributed by atoms with Crippen LogP contribution in [0.4, 0.5) is 0 Å². The number of benzene rings is 1. The van der Waals surface area contributed by atoms with E-state index in [2.05, 4.69) is 24.4 Å². The summed E-state index contributed by atoms with van der Waals surface area (Å²) in [5, 5.41) is 13.3. The van der Waals surface area contributed by atoms with Crippen LogP contribution in [0.3, 0.4) is 0 Å². The quantitative estimate of drug-likeness (QED) is 0.734. The molecule has 2 N–H and O–H groups in total. The summed E-state index contributed by atoms with van der Waals surface area (Å²) >= 11 is 0. The third-order valence-corrected chi connectivity index (χ3v) is 3.79. The first-order chi connectivity index (χ1) is 10.2. The Labute approximate surface area is 127 Å². The number of nitrogens with one attached hydrogen (secondary N) is 1. The monoisotopic (exact) mass is 293 g/mol. The van der Waals surface area contributed by atoms with Crippen molar-refractivity contribution in [1.29, 1.82) is 0 Å². The number of aliphatic hydroxyl groups excluding tert-OH is 1. The minimum atomic E-state index is -0.572. The highest BCUT2D eigenvalue weighted by Gasteiger charge is 2.22. The van der Waals surface area contributed by atoms with Crippen LogP contribution in [0.15, 0.2) is 18.2 Å². The van der Waals surface area contributed by atoms with Gasteiger partial charge >= 0.3 is 0 Å². The van der Waals surface area contributed by atoms with Gasteiger partial charge in [-0.2, -0.15) is 0 Å². The molecule has 0 saturated heterocycles. The number of fused-ring (bicyclic) bond motifs is 1. The van der Waals surface area contributed by atoms with E-state index in [9.17, 15) is 5.11 Å². The maximum absolute atomic E-state index is 9.71. The van der Waals surface area contributed by atoms with E-state index < -0.39 is 6.10 Å². The molecule has 0 radical (unpaired) electrons. The summed E-state index contributed by atoms with van der Waals surface area (Å²) < 4.78 is 10.8. The lowest BCUT2D eigenvalue weighted by Crippen LogP contribution is -2.23. The first-order valence-electron chi connectivity index (χ1n) is 7.99. The molecule has 4 nitrogen and oxygen atoms in total. The fourth-order valence-corrected chi connectivity index (χ4v) is 2.71. The Hall–Kier alpha value is -1.10. The van der Waals surface area contributed by atoms with Gasteiger partial charge in [-0.1, -0.05) is 13.0 Å². The van der Waals surface area contributed by atoms with Gasteiger partial charge in [-0.15, -0.1) is 0 Å². The van der Waals surface area contributed by atoms with Gasteiger partial charge in [0.25, 0.3) is 0 Å². The summed E-state index contributed by atoms with van der Waals surface area (Å²) in [5.74, 6) is 0.834. The lowest BCUT2D eigenvalue weighted by molar-refractivity contribution is 0.0164. The van der Waals surface area contributed by atoms with Gasteiger partial charge in [0.1, 0.15) is 18.5 Å². The number of aliphatic hydroxyl groups is 1. The average molecular weight is 293 g/mol. The first kappa shape index (κ1) is 16.3. The summed E-state index contributed by atoms with van der Waals surface area (Å²) in [4.78, 5) is 0. The average Bonchev–Trinajstić information content (AvgIpc) is 2.91. The van der Waals surface area contributed by atoms with Crippen LogP contribution in [-0.2, 0) is 11.2 Å². The number of aryl methyl sites for hydroxylation is 1. The molecular formula is C17H27NO3. The Kier molecular flexibility index (Phi) is 6.49. The van der Waals surface area contributed by atoms with Gasteiger partial charge in [-0.3, -0.25) is 0 Å². The lowest BCUT2D eigenvalue weighted by atomic mass is 10.1. The van der Waals surface area contributed by atoms with Crippen molar-refractivity contribution in [3.05, 3.63) is 29.3 Å². The van der Waals surface area contributed by atoms with Crippen LogP contribution in [0.2, 0.25) is 0 Å². The second-order valence-electron chi connectivity index (χ2n) is 5.53. The molecule has 118 valence electrons. The largest absolute Gasteiger partial charge is 0.491 e. The van der Waals surface area contributed by atoms with Gasteiger partial charge in [-0.05, 0) is 56.0 Å². The van der Waals surface area contributed by atoms with Crippen molar-refractivity contribution in [2.75, 3.05) is 26.4 Å². The van der Waals surface area contributed by atoms with Crippen LogP contribution in [0.25, 0.3) is 0 Å². The minimum Gasteiger partial charge on any atom is -0.491 e. The van der Waals surface area contributed by atoms with E-state index in [0.29, 0.717) is 19.3 Å². The van der Waals surface area contributed by atoms with Crippen molar-refractivity contribution in [2.45, 2.75) is 45.3 Å². The van der Waals surface area contributed by atoms with Crippen LogP contribution in [-0.4, -0.2) is 37.6 Å². The Bertz CT molecular complexity index is 436. The van der Waals surface area contributed by atoms with Crippen molar-refractivity contribution in [3.63, 3.8) is 0 Å². The molecule has 0 spiro atoms. The zero-order valence-electron chi connectivity index (χ0n) is 13.1. The van der Waals surface area contributed by atoms with Gasteiger partial charge in [0, 0.05) is 12.6 Å². The molecule has 0 aromatic heterocycles. The zero-order valence-corrected chi connectivity index (χ0v) is 13.1. The summed E-state index contributed by atoms with van der Waals surface area (Å²) in [5.41, 5.74) is 2.76. The van der Waals surface area contributed by atoms with Gasteiger partial charge in [-0.25, -0.2) is 0 Å². The van der Waals surface area contributed by atoms with Crippen molar-refractivity contribution in [3.8, 4) is 5.75 Å². The number of ether oxygens (including phenoxy) is 2. The Morgan fingerprint density at radius 2 is 2.19 bits per heavy atom. The molecule has 0 bridgehead atoms. The molecule has 1 aliphatic carbocycles. The van der Waals surface area contributed by atoms with Crippen LogP contribution < -0.4 is 10.1 Å². The van der Waals surface area contributed by atoms with Crippen LogP contribution in [0, 0.1) is 0 Å². The van der Waals surface area contributed by atoms with E-state index in [1.54, 1.807) is 0 Å². The molecule has 21 heavy (non-hydrogen) atoms. The van der Waals surface area contributed by atoms with E-state index in [1.807, 2.05) is 13.0 Å². The van der Waals surface area contributed by atoms with E-state index in [0.717, 1.165) is 31.6 Å². The van der Waals surface area contributed by atoms with Crippen LogP contribution in [0.5, 0.6) is 5.75 Å². The molecule has 0 fully saturated rings. The Morgan fingerprint density at radius 1 is 1.33 bits per heavy atom. The maximum atomic E-state index is 9.71. The molecule has 0 heterocycles. The minimum absolute atomic E-state index is 0.274. The highest BCUT2D eigenvalue weighted by Crippen LogP contribution is 2.33. The predicted octanol–water partition coefficient (Wildman–Crippen LogP) is 2.45. The fourth-order valence-electron chi connectivity index (χ4n) is 2.71. The second kappa shape index (κ2) is 8.37. The number of hydrogen-bond donors (Lipinski definition) is 2. The van der Waals surface area contributed by atoms with Crippen molar-refractivity contribution >= 4 is 0 Å². The zero-order chi connectivity index (χ0) is 15.1.